The van der Waals surface area contributed by atoms with E-state index in [1.165, 1.54) is 18.8 Å². The van der Waals surface area contributed by atoms with Crippen LogP contribution in [0.5, 0.6) is 11.5 Å². The minimum absolute atomic E-state index is 0. The average Bonchev–Trinajstić information content (AvgIpc) is 3.51. The highest BCUT2D eigenvalue weighted by molar-refractivity contribution is 7.93. The number of para-hydroxylation sites is 1. The van der Waals surface area contributed by atoms with E-state index in [9.17, 15) is 8.42 Å². The Morgan fingerprint density at radius 3 is 2.19 bits per heavy atom. The lowest BCUT2D eigenvalue weighted by atomic mass is 10.2. The normalized spacial score (nSPS) is 11.9. The molecule has 1 aromatic carbocycles. The summed E-state index contributed by atoms with van der Waals surface area (Å²) in [5.41, 5.74) is 1.31. The number of ether oxygens (including phenoxy) is 2. The molecule has 200 valence electrons. The van der Waals surface area contributed by atoms with Gasteiger partial charge in [-0.15, -0.1) is 10.2 Å². The number of benzene rings is 1. The van der Waals surface area contributed by atoms with Gasteiger partial charge in [0.05, 0.1) is 19.5 Å². The van der Waals surface area contributed by atoms with Crippen molar-refractivity contribution in [1.82, 2.24) is 24.7 Å². The summed E-state index contributed by atoms with van der Waals surface area (Å²) in [6.07, 6.45) is 3.42. The molecule has 1 N–H and O–H groups in total. The van der Waals surface area contributed by atoms with E-state index in [-0.39, 0.29) is 19.6 Å². The van der Waals surface area contributed by atoms with E-state index in [1.807, 2.05) is 20.8 Å². The van der Waals surface area contributed by atoms with Crippen molar-refractivity contribution in [3.63, 3.8) is 0 Å². The van der Waals surface area contributed by atoms with E-state index in [1.54, 1.807) is 56.6 Å². The second-order valence-corrected chi connectivity index (χ2v) is 10.0. The van der Waals surface area contributed by atoms with Crippen LogP contribution in [0.2, 0.25) is 0 Å². The van der Waals surface area contributed by atoms with Crippen LogP contribution < -0.4 is 14.2 Å². The lowest BCUT2D eigenvalue weighted by Gasteiger charge is -2.18. The Morgan fingerprint density at radius 2 is 1.65 bits per heavy atom. The number of furan rings is 1. The van der Waals surface area contributed by atoms with Crippen molar-refractivity contribution in [2.45, 2.75) is 46.3 Å². The number of aryl methyl sites for hydroxylation is 2. The van der Waals surface area contributed by atoms with Gasteiger partial charge in [-0.25, -0.2) is 18.4 Å². The SMILES string of the molecule is CC.COc1cccc(OC)c1-n1c(NS(=O)(=O)[C@@H](C)Cc2ncc(C)cn2)nnc1-c1ccc(C)o1.[HH]. The summed E-state index contributed by atoms with van der Waals surface area (Å²) in [5.74, 6) is 2.56. The number of rotatable bonds is 9. The molecule has 0 amide bonds. The molecule has 11 nitrogen and oxygen atoms in total. The maximum atomic E-state index is 13.3. The first-order valence-electron chi connectivity index (χ1n) is 11.8. The Morgan fingerprint density at radius 1 is 1.03 bits per heavy atom. The highest BCUT2D eigenvalue weighted by atomic mass is 32.2. The Hall–Kier alpha value is -3.93. The van der Waals surface area contributed by atoms with Gasteiger partial charge in [-0.1, -0.05) is 19.9 Å². The van der Waals surface area contributed by atoms with Gasteiger partial charge in [-0.2, -0.15) is 0 Å². The van der Waals surface area contributed by atoms with Crippen molar-refractivity contribution in [2.24, 2.45) is 0 Å². The van der Waals surface area contributed by atoms with Crippen LogP contribution in [0.25, 0.3) is 17.3 Å². The van der Waals surface area contributed by atoms with Crippen molar-refractivity contribution < 1.29 is 23.7 Å². The van der Waals surface area contributed by atoms with Crippen LogP contribution in [0, 0.1) is 13.8 Å². The van der Waals surface area contributed by atoms with Gasteiger partial charge >= 0.3 is 0 Å². The fourth-order valence-electron chi connectivity index (χ4n) is 3.45. The number of sulfonamides is 1. The maximum absolute atomic E-state index is 13.3. The Balaban J connectivity index is 0.00000165. The molecule has 1 atom stereocenters. The smallest absolute Gasteiger partial charge is 0.243 e. The third-order valence-electron chi connectivity index (χ3n) is 5.32. The molecule has 4 aromatic rings. The van der Waals surface area contributed by atoms with E-state index in [2.05, 4.69) is 24.9 Å². The minimum atomic E-state index is -3.92. The molecule has 0 saturated carbocycles. The van der Waals surface area contributed by atoms with Crippen molar-refractivity contribution in [1.29, 1.82) is 0 Å². The molecular formula is C25H34N6O5S. The Bertz CT molecular complexity index is 1410. The van der Waals surface area contributed by atoms with Gasteiger partial charge in [0.15, 0.2) is 5.76 Å². The molecule has 0 aliphatic rings. The zero-order valence-electron chi connectivity index (χ0n) is 22.0. The molecule has 3 heterocycles. The summed E-state index contributed by atoms with van der Waals surface area (Å²) in [5, 5.41) is 7.50. The molecule has 4 rings (SSSR count). The number of aromatic nitrogens is 5. The molecule has 0 unspecified atom stereocenters. The van der Waals surface area contributed by atoms with Crippen LogP contribution in [0.1, 0.15) is 39.3 Å². The van der Waals surface area contributed by atoms with Gasteiger partial charge in [0.2, 0.25) is 21.8 Å². The first-order valence-corrected chi connectivity index (χ1v) is 13.3. The van der Waals surface area contributed by atoms with Crippen LogP contribution in [0.15, 0.2) is 47.1 Å². The van der Waals surface area contributed by atoms with Crippen LogP contribution in [0.4, 0.5) is 5.95 Å². The highest BCUT2D eigenvalue weighted by Gasteiger charge is 2.29. The largest absolute Gasteiger partial charge is 0.494 e. The van der Waals surface area contributed by atoms with E-state index >= 15 is 0 Å². The molecule has 37 heavy (non-hydrogen) atoms. The van der Waals surface area contributed by atoms with E-state index < -0.39 is 15.3 Å². The second kappa shape index (κ2) is 11.9. The third-order valence-corrected chi connectivity index (χ3v) is 7.01. The number of nitrogens with one attached hydrogen (secondary N) is 1. The quantitative estimate of drug-likeness (QED) is 0.329. The van der Waals surface area contributed by atoms with Crippen molar-refractivity contribution in [2.75, 3.05) is 18.9 Å². The number of hydrogen-bond acceptors (Lipinski definition) is 9. The summed E-state index contributed by atoms with van der Waals surface area (Å²) < 4.78 is 47.5. The standard InChI is InChI=1S/C23H26N6O5S.C2H6.H2/c1-14-12-24-20(25-13-14)11-16(3)35(30,31)28-23-27-26-22(19-10-9-15(2)34-19)29(23)21-17(32-4)7-6-8-18(21)33-5;1-2;/h6-10,12-13,16H,11H2,1-5H3,(H,27,28);1-2H3;1H/t16-;;/m0../s1. The van der Waals surface area contributed by atoms with Crippen LogP contribution >= 0.6 is 0 Å². The Kier molecular flexibility index (Phi) is 8.87. The number of nitrogens with zero attached hydrogens (tertiary/aromatic N) is 5. The van der Waals surface area contributed by atoms with E-state index in [0.29, 0.717) is 34.5 Å². The molecule has 12 heteroatoms. The maximum Gasteiger partial charge on any atom is 0.243 e. The van der Waals surface area contributed by atoms with Gasteiger partial charge in [0, 0.05) is 20.2 Å². The lowest BCUT2D eigenvalue weighted by Crippen LogP contribution is -2.29. The molecule has 0 fully saturated rings. The van der Waals surface area contributed by atoms with Gasteiger partial charge < -0.3 is 13.9 Å². The lowest BCUT2D eigenvalue weighted by molar-refractivity contribution is 0.391. The first-order chi connectivity index (χ1) is 17.7. The van der Waals surface area contributed by atoms with Gasteiger partial charge in [0.1, 0.15) is 28.8 Å². The molecule has 0 aliphatic heterocycles. The second-order valence-electron chi connectivity index (χ2n) is 7.94. The number of methoxy groups -OCH3 is 2. The number of hydrogen-bond donors (Lipinski definition) is 1. The predicted octanol–water partition coefficient (Wildman–Crippen LogP) is 4.60. The van der Waals surface area contributed by atoms with Crippen LogP contribution in [-0.4, -0.2) is 52.6 Å². The zero-order valence-corrected chi connectivity index (χ0v) is 22.8. The number of anilines is 1. The molecule has 0 spiro atoms. The van der Waals surface area contributed by atoms with E-state index in [4.69, 9.17) is 13.9 Å². The monoisotopic (exact) mass is 530 g/mol. The molecule has 0 aliphatic carbocycles. The van der Waals surface area contributed by atoms with Gasteiger partial charge in [-0.05, 0) is 50.6 Å². The zero-order chi connectivity index (χ0) is 27.2. The van der Waals surface area contributed by atoms with Gasteiger partial charge in [-0.3, -0.25) is 9.29 Å². The first kappa shape index (κ1) is 27.7. The van der Waals surface area contributed by atoms with Crippen molar-refractivity contribution >= 4 is 16.0 Å². The molecule has 0 radical (unpaired) electrons. The molecule has 3 aromatic heterocycles. The predicted molar refractivity (Wildman–Crippen MR) is 143 cm³/mol. The summed E-state index contributed by atoms with van der Waals surface area (Å²) in [4.78, 5) is 8.43. The van der Waals surface area contributed by atoms with E-state index in [0.717, 1.165) is 5.56 Å². The highest BCUT2D eigenvalue weighted by Crippen LogP contribution is 2.38. The average molecular weight is 531 g/mol. The summed E-state index contributed by atoms with van der Waals surface area (Å²) in [6, 6.07) is 8.72. The topological polar surface area (TPSA) is 134 Å². The van der Waals surface area contributed by atoms with Crippen LogP contribution in [0.3, 0.4) is 0 Å². The van der Waals surface area contributed by atoms with Gasteiger partial charge in [0.25, 0.3) is 0 Å². The third kappa shape index (κ3) is 6.08. The summed E-state index contributed by atoms with van der Waals surface area (Å²) in [6.45, 7) is 9.24. The molecular weight excluding hydrogens is 496 g/mol. The Labute approximate surface area is 218 Å². The van der Waals surface area contributed by atoms with Crippen molar-refractivity contribution in [3.05, 3.63) is 59.9 Å². The summed E-state index contributed by atoms with van der Waals surface area (Å²) >= 11 is 0. The van der Waals surface area contributed by atoms with Crippen LogP contribution in [-0.2, 0) is 16.4 Å². The molecule has 0 saturated heterocycles. The van der Waals surface area contributed by atoms with Crippen molar-refractivity contribution in [3.8, 4) is 28.8 Å². The minimum Gasteiger partial charge on any atom is -0.494 e. The molecule has 0 bridgehead atoms. The summed E-state index contributed by atoms with van der Waals surface area (Å²) in [7, 11) is -0.907. The fraction of sp³-hybridized carbons (Fsp3) is 0.360. The fourth-order valence-corrected chi connectivity index (χ4v) is 4.40.